The first-order chi connectivity index (χ1) is 6.27. The second kappa shape index (κ2) is 5.29. The predicted octanol–water partition coefficient (Wildman–Crippen LogP) is 2.99. The van der Waals surface area contributed by atoms with E-state index in [0.29, 0.717) is 5.71 Å². The number of hydrogen-bond acceptors (Lipinski definition) is 3. The van der Waals surface area contributed by atoms with Crippen LogP contribution in [0.2, 0.25) is 0 Å². The first-order valence-corrected chi connectivity index (χ1v) is 5.92. The van der Waals surface area contributed by atoms with E-state index in [9.17, 15) is 0 Å². The molecule has 0 aliphatic rings. The molecule has 0 heterocycles. The molecule has 13 heavy (non-hydrogen) atoms. The van der Waals surface area contributed by atoms with E-state index in [0.717, 1.165) is 15.8 Å². The standard InChI is InChI=1S/C9H10BrNOS/c1-13-6-9(11-12)7-2-4-8(10)5-3-7/h2-5,12H,6H2,1H3/b11-9-. The number of hydrogen-bond donors (Lipinski definition) is 1. The van der Waals surface area contributed by atoms with Gasteiger partial charge in [0.15, 0.2) is 0 Å². The Kier molecular flexibility index (Phi) is 4.32. The molecule has 0 radical (unpaired) electrons. The van der Waals surface area contributed by atoms with Gasteiger partial charge in [0.2, 0.25) is 0 Å². The third kappa shape index (κ3) is 3.04. The van der Waals surface area contributed by atoms with Crippen LogP contribution in [0.1, 0.15) is 5.56 Å². The fourth-order valence-corrected chi connectivity index (χ4v) is 1.71. The van der Waals surface area contributed by atoms with Gasteiger partial charge in [-0.2, -0.15) is 11.8 Å². The molecule has 0 amide bonds. The maximum Gasteiger partial charge on any atom is 0.0966 e. The van der Waals surface area contributed by atoms with Crippen LogP contribution in [-0.2, 0) is 0 Å². The minimum absolute atomic E-state index is 0.708. The summed E-state index contributed by atoms with van der Waals surface area (Å²) < 4.78 is 1.03. The van der Waals surface area contributed by atoms with Crippen molar-refractivity contribution in [2.24, 2.45) is 5.16 Å². The van der Waals surface area contributed by atoms with Crippen molar-refractivity contribution >= 4 is 33.4 Å². The van der Waals surface area contributed by atoms with Crippen molar-refractivity contribution in [1.82, 2.24) is 0 Å². The lowest BCUT2D eigenvalue weighted by atomic mass is 10.1. The Labute approximate surface area is 90.2 Å². The molecule has 0 aliphatic carbocycles. The largest absolute Gasteiger partial charge is 0.411 e. The monoisotopic (exact) mass is 259 g/mol. The number of halogens is 1. The minimum atomic E-state index is 0.708. The second-order valence-electron chi connectivity index (χ2n) is 2.49. The first-order valence-electron chi connectivity index (χ1n) is 3.73. The Morgan fingerprint density at radius 2 is 2.08 bits per heavy atom. The van der Waals surface area contributed by atoms with Gasteiger partial charge in [-0.1, -0.05) is 33.2 Å². The fourth-order valence-electron chi connectivity index (χ4n) is 0.949. The number of nitrogens with zero attached hydrogens (tertiary/aromatic N) is 1. The van der Waals surface area contributed by atoms with Gasteiger partial charge in [-0.15, -0.1) is 0 Å². The van der Waals surface area contributed by atoms with Gasteiger partial charge in [0.1, 0.15) is 0 Å². The molecule has 1 aromatic rings. The molecule has 2 nitrogen and oxygen atoms in total. The van der Waals surface area contributed by atoms with Gasteiger partial charge >= 0.3 is 0 Å². The smallest absolute Gasteiger partial charge is 0.0966 e. The van der Waals surface area contributed by atoms with E-state index < -0.39 is 0 Å². The zero-order chi connectivity index (χ0) is 9.68. The van der Waals surface area contributed by atoms with Crippen LogP contribution in [0.3, 0.4) is 0 Å². The summed E-state index contributed by atoms with van der Waals surface area (Å²) in [6.45, 7) is 0. The Morgan fingerprint density at radius 3 is 2.54 bits per heavy atom. The summed E-state index contributed by atoms with van der Waals surface area (Å²) in [5, 5.41) is 12.0. The van der Waals surface area contributed by atoms with Crippen LogP contribution in [0, 0.1) is 0 Å². The second-order valence-corrected chi connectivity index (χ2v) is 4.27. The van der Waals surface area contributed by atoms with Gasteiger partial charge in [0.05, 0.1) is 5.71 Å². The summed E-state index contributed by atoms with van der Waals surface area (Å²) >= 11 is 4.98. The van der Waals surface area contributed by atoms with Crippen LogP contribution in [0.15, 0.2) is 33.9 Å². The van der Waals surface area contributed by atoms with Crippen molar-refractivity contribution < 1.29 is 5.21 Å². The van der Waals surface area contributed by atoms with Crippen LogP contribution < -0.4 is 0 Å². The van der Waals surface area contributed by atoms with Gasteiger partial charge in [-0.3, -0.25) is 0 Å². The van der Waals surface area contributed by atoms with E-state index in [-0.39, 0.29) is 0 Å². The third-order valence-corrected chi connectivity index (χ3v) is 2.67. The Bertz CT molecular complexity index is 297. The van der Waals surface area contributed by atoms with E-state index in [1.54, 1.807) is 11.8 Å². The summed E-state index contributed by atoms with van der Waals surface area (Å²) in [6.07, 6.45) is 1.98. The van der Waals surface area contributed by atoms with Gasteiger partial charge < -0.3 is 5.21 Å². The molecule has 0 bridgehead atoms. The van der Waals surface area contributed by atoms with Crippen LogP contribution in [0.25, 0.3) is 0 Å². The Morgan fingerprint density at radius 1 is 1.46 bits per heavy atom. The van der Waals surface area contributed by atoms with Crippen molar-refractivity contribution in [3.8, 4) is 0 Å². The molecule has 1 aromatic carbocycles. The molecule has 70 valence electrons. The van der Waals surface area contributed by atoms with Crippen LogP contribution >= 0.6 is 27.7 Å². The average molecular weight is 260 g/mol. The molecule has 0 spiro atoms. The van der Waals surface area contributed by atoms with E-state index in [1.165, 1.54) is 0 Å². The van der Waals surface area contributed by atoms with Crippen LogP contribution in [0.4, 0.5) is 0 Å². The Balaban J connectivity index is 2.87. The maximum absolute atomic E-state index is 8.74. The molecule has 0 atom stereocenters. The molecule has 0 unspecified atom stereocenters. The fraction of sp³-hybridized carbons (Fsp3) is 0.222. The lowest BCUT2D eigenvalue weighted by molar-refractivity contribution is 0.319. The first kappa shape index (κ1) is 10.6. The average Bonchev–Trinajstić information content (AvgIpc) is 2.16. The normalized spacial score (nSPS) is 11.7. The quantitative estimate of drug-likeness (QED) is 0.514. The SMILES string of the molecule is CSC/C(=N/O)c1ccc(Br)cc1. The van der Waals surface area contributed by atoms with Crippen molar-refractivity contribution in [1.29, 1.82) is 0 Å². The molecule has 0 aromatic heterocycles. The summed E-state index contributed by atoms with van der Waals surface area (Å²) in [5.41, 5.74) is 1.67. The molecule has 0 saturated carbocycles. The van der Waals surface area contributed by atoms with Crippen molar-refractivity contribution in [3.05, 3.63) is 34.3 Å². The molecule has 1 rings (SSSR count). The highest BCUT2D eigenvalue weighted by Crippen LogP contribution is 2.12. The van der Waals surface area contributed by atoms with Crippen molar-refractivity contribution in [3.63, 3.8) is 0 Å². The molecule has 0 saturated heterocycles. The van der Waals surface area contributed by atoms with Gasteiger partial charge in [0, 0.05) is 15.8 Å². The minimum Gasteiger partial charge on any atom is -0.411 e. The van der Waals surface area contributed by atoms with Gasteiger partial charge in [-0.05, 0) is 18.4 Å². The number of oxime groups is 1. The predicted molar refractivity (Wildman–Crippen MR) is 60.8 cm³/mol. The summed E-state index contributed by atoms with van der Waals surface area (Å²) in [5.74, 6) is 0.720. The molecule has 0 aliphatic heterocycles. The molecular formula is C9H10BrNOS. The van der Waals surface area contributed by atoms with E-state index in [4.69, 9.17) is 5.21 Å². The number of benzene rings is 1. The summed E-state index contributed by atoms with van der Waals surface area (Å²) in [6, 6.07) is 7.71. The lowest BCUT2D eigenvalue weighted by Gasteiger charge is -2.01. The van der Waals surface area contributed by atoms with Crippen molar-refractivity contribution in [2.75, 3.05) is 12.0 Å². The third-order valence-electron chi connectivity index (χ3n) is 1.58. The summed E-state index contributed by atoms with van der Waals surface area (Å²) in [7, 11) is 0. The topological polar surface area (TPSA) is 32.6 Å². The molecule has 0 fully saturated rings. The van der Waals surface area contributed by atoms with Gasteiger partial charge in [-0.25, -0.2) is 0 Å². The number of thioether (sulfide) groups is 1. The van der Waals surface area contributed by atoms with Crippen LogP contribution in [-0.4, -0.2) is 22.9 Å². The number of rotatable bonds is 3. The van der Waals surface area contributed by atoms with E-state index >= 15 is 0 Å². The molecule has 1 N–H and O–H groups in total. The van der Waals surface area contributed by atoms with Crippen molar-refractivity contribution in [2.45, 2.75) is 0 Å². The van der Waals surface area contributed by atoms with E-state index in [2.05, 4.69) is 21.1 Å². The zero-order valence-electron chi connectivity index (χ0n) is 7.20. The maximum atomic E-state index is 8.74. The molecular weight excluding hydrogens is 250 g/mol. The highest BCUT2D eigenvalue weighted by molar-refractivity contribution is 9.10. The van der Waals surface area contributed by atoms with Gasteiger partial charge in [0.25, 0.3) is 0 Å². The van der Waals surface area contributed by atoms with E-state index in [1.807, 2.05) is 30.5 Å². The highest BCUT2D eigenvalue weighted by atomic mass is 79.9. The Hall–Kier alpha value is -0.480. The molecule has 4 heteroatoms. The highest BCUT2D eigenvalue weighted by Gasteiger charge is 2.02. The lowest BCUT2D eigenvalue weighted by Crippen LogP contribution is -2.03. The summed E-state index contributed by atoms with van der Waals surface area (Å²) in [4.78, 5) is 0. The zero-order valence-corrected chi connectivity index (χ0v) is 9.60. The van der Waals surface area contributed by atoms with Crippen LogP contribution in [0.5, 0.6) is 0 Å².